The molecule has 0 saturated carbocycles. The molecule has 11 nitrogen and oxygen atoms in total. The maximum atomic E-state index is 12.8. The van der Waals surface area contributed by atoms with Gasteiger partial charge >= 0.3 is 0 Å². The Morgan fingerprint density at radius 3 is 3.03 bits per heavy atom. The zero-order chi connectivity index (χ0) is 20.9. The van der Waals surface area contributed by atoms with Gasteiger partial charge in [-0.1, -0.05) is 17.3 Å². The predicted molar refractivity (Wildman–Crippen MR) is 110 cm³/mol. The molecule has 0 aliphatic carbocycles. The number of rotatable bonds is 7. The molecule has 3 N–H and O–H groups in total. The topological polar surface area (TPSA) is 146 Å². The minimum Gasteiger partial charge on any atom is -0.494 e. The number of hydrazone groups is 1. The number of anilines is 1. The summed E-state index contributed by atoms with van der Waals surface area (Å²) >= 11 is 1.53. The Labute approximate surface area is 174 Å². The molecule has 0 aliphatic heterocycles. The van der Waals surface area contributed by atoms with Gasteiger partial charge in [0.2, 0.25) is 11.6 Å². The summed E-state index contributed by atoms with van der Waals surface area (Å²) in [6.45, 7) is 2.37. The van der Waals surface area contributed by atoms with Gasteiger partial charge in [-0.2, -0.15) is 21.1 Å². The summed E-state index contributed by atoms with van der Waals surface area (Å²) in [4.78, 5) is 12.8. The molecular formula is C18H16N8O3S. The average molecular weight is 424 g/mol. The molecule has 0 saturated heterocycles. The molecule has 0 fully saturated rings. The molecule has 152 valence electrons. The van der Waals surface area contributed by atoms with E-state index in [1.165, 1.54) is 22.2 Å². The van der Waals surface area contributed by atoms with Crippen LogP contribution in [0.1, 0.15) is 23.0 Å². The number of ether oxygens (including phenoxy) is 1. The number of hydrogen-bond donors (Lipinski definition) is 2. The van der Waals surface area contributed by atoms with Crippen molar-refractivity contribution in [1.29, 1.82) is 0 Å². The van der Waals surface area contributed by atoms with Gasteiger partial charge in [-0.05, 0) is 46.2 Å². The standard InChI is InChI=1S/C18H16N8O3S/c1-2-28-13-5-3-4-12(8-13)15-14(18(27)22-20-9-11-6-7-30-10-11)21-25-26(15)17-16(19)23-29-24-17/h3-10H,2H2,1H3,(H2,19,23)(H,22,27). The first-order valence-electron chi connectivity index (χ1n) is 8.80. The lowest BCUT2D eigenvalue weighted by Gasteiger charge is -2.08. The van der Waals surface area contributed by atoms with Crippen molar-refractivity contribution in [2.24, 2.45) is 5.10 Å². The van der Waals surface area contributed by atoms with Crippen LogP contribution in [0.3, 0.4) is 0 Å². The normalized spacial score (nSPS) is 11.1. The number of nitrogens with one attached hydrogen (secondary N) is 1. The Kier molecular flexibility index (Phi) is 5.48. The first-order chi connectivity index (χ1) is 14.7. The van der Waals surface area contributed by atoms with Crippen LogP contribution in [0.5, 0.6) is 5.75 Å². The van der Waals surface area contributed by atoms with Gasteiger partial charge in [-0.3, -0.25) is 4.79 Å². The predicted octanol–water partition coefficient (Wildman–Crippen LogP) is 2.12. The molecule has 0 aliphatic rings. The average Bonchev–Trinajstić information content (AvgIpc) is 3.49. The van der Waals surface area contributed by atoms with Crippen LogP contribution in [0.4, 0.5) is 5.82 Å². The van der Waals surface area contributed by atoms with Crippen LogP contribution in [0.2, 0.25) is 0 Å². The molecule has 12 heteroatoms. The summed E-state index contributed by atoms with van der Waals surface area (Å²) in [6.07, 6.45) is 1.54. The Morgan fingerprint density at radius 1 is 1.40 bits per heavy atom. The number of thiophene rings is 1. The monoisotopic (exact) mass is 424 g/mol. The third-order valence-electron chi connectivity index (χ3n) is 3.92. The van der Waals surface area contributed by atoms with Crippen LogP contribution in [0, 0.1) is 0 Å². The third kappa shape index (κ3) is 3.89. The van der Waals surface area contributed by atoms with E-state index in [4.69, 9.17) is 10.5 Å². The Balaban J connectivity index is 1.73. The van der Waals surface area contributed by atoms with E-state index in [2.05, 4.69) is 35.8 Å². The highest BCUT2D eigenvalue weighted by Crippen LogP contribution is 2.29. The maximum Gasteiger partial charge on any atom is 0.294 e. The Bertz CT molecular complexity index is 1180. The van der Waals surface area contributed by atoms with Crippen LogP contribution in [-0.4, -0.2) is 44.0 Å². The van der Waals surface area contributed by atoms with Gasteiger partial charge in [0, 0.05) is 11.1 Å². The van der Waals surface area contributed by atoms with E-state index < -0.39 is 5.91 Å². The zero-order valence-electron chi connectivity index (χ0n) is 15.7. The molecule has 0 unspecified atom stereocenters. The largest absolute Gasteiger partial charge is 0.494 e. The molecule has 4 aromatic rings. The number of carbonyl (C=O) groups is 1. The van der Waals surface area contributed by atoms with Crippen LogP contribution >= 0.6 is 11.3 Å². The first-order valence-corrected chi connectivity index (χ1v) is 9.74. The number of aromatic nitrogens is 5. The van der Waals surface area contributed by atoms with Crippen molar-refractivity contribution in [1.82, 2.24) is 30.7 Å². The van der Waals surface area contributed by atoms with Crippen LogP contribution < -0.4 is 15.9 Å². The third-order valence-corrected chi connectivity index (χ3v) is 4.62. The molecule has 4 rings (SSSR count). The van der Waals surface area contributed by atoms with Crippen molar-refractivity contribution in [3.8, 4) is 22.8 Å². The molecule has 0 bridgehead atoms. The van der Waals surface area contributed by atoms with E-state index >= 15 is 0 Å². The lowest BCUT2D eigenvalue weighted by Crippen LogP contribution is -2.19. The van der Waals surface area contributed by atoms with Crippen LogP contribution in [0.25, 0.3) is 17.1 Å². The minimum atomic E-state index is -0.556. The molecule has 30 heavy (non-hydrogen) atoms. The fraction of sp³-hybridized carbons (Fsp3) is 0.111. The van der Waals surface area contributed by atoms with E-state index in [-0.39, 0.29) is 17.3 Å². The highest BCUT2D eigenvalue weighted by molar-refractivity contribution is 7.08. The van der Waals surface area contributed by atoms with Gasteiger partial charge in [0.05, 0.1) is 12.8 Å². The fourth-order valence-electron chi connectivity index (χ4n) is 2.65. The molecule has 3 heterocycles. The van der Waals surface area contributed by atoms with Gasteiger partial charge in [0.25, 0.3) is 5.91 Å². The van der Waals surface area contributed by atoms with Gasteiger partial charge < -0.3 is 10.5 Å². The van der Waals surface area contributed by atoms with E-state index in [1.54, 1.807) is 24.3 Å². The first kappa shape index (κ1) is 19.3. The molecule has 3 aromatic heterocycles. The summed E-state index contributed by atoms with van der Waals surface area (Å²) in [5.74, 6) is 0.181. The fourth-order valence-corrected chi connectivity index (χ4v) is 3.26. The van der Waals surface area contributed by atoms with Crippen molar-refractivity contribution in [2.75, 3.05) is 12.3 Å². The summed E-state index contributed by atoms with van der Waals surface area (Å²) in [7, 11) is 0. The van der Waals surface area contributed by atoms with Crippen molar-refractivity contribution < 1.29 is 14.2 Å². The second kappa shape index (κ2) is 8.53. The Morgan fingerprint density at radius 2 is 2.30 bits per heavy atom. The summed E-state index contributed by atoms with van der Waals surface area (Å²) in [5.41, 5.74) is 10.1. The summed E-state index contributed by atoms with van der Waals surface area (Å²) in [6, 6.07) is 9.01. The number of nitrogen functional groups attached to an aromatic ring is 1. The molecule has 1 amide bonds. The summed E-state index contributed by atoms with van der Waals surface area (Å²) in [5, 5.41) is 23.1. The zero-order valence-corrected chi connectivity index (χ0v) is 16.5. The number of amides is 1. The van der Waals surface area contributed by atoms with E-state index in [0.29, 0.717) is 23.6 Å². The lowest BCUT2D eigenvalue weighted by atomic mass is 10.1. The number of nitrogens with two attached hydrogens (primary N) is 1. The van der Waals surface area contributed by atoms with E-state index in [1.807, 2.05) is 23.8 Å². The molecule has 0 radical (unpaired) electrons. The van der Waals surface area contributed by atoms with Crippen molar-refractivity contribution in [3.63, 3.8) is 0 Å². The van der Waals surface area contributed by atoms with Crippen LogP contribution in [0.15, 0.2) is 50.8 Å². The second-order valence-corrected chi connectivity index (χ2v) is 6.67. The molecule has 0 spiro atoms. The number of benzene rings is 1. The van der Waals surface area contributed by atoms with E-state index in [0.717, 1.165) is 5.56 Å². The number of carbonyl (C=O) groups excluding carboxylic acids is 1. The van der Waals surface area contributed by atoms with Crippen molar-refractivity contribution in [2.45, 2.75) is 6.92 Å². The second-order valence-electron chi connectivity index (χ2n) is 5.89. The smallest absolute Gasteiger partial charge is 0.294 e. The summed E-state index contributed by atoms with van der Waals surface area (Å²) < 4.78 is 11.5. The quantitative estimate of drug-likeness (QED) is 0.339. The highest BCUT2D eigenvalue weighted by atomic mass is 32.1. The SMILES string of the molecule is CCOc1cccc(-c2c(C(=O)NN=Cc3ccsc3)nnn2-c2nonc2N)c1. The number of nitrogens with zero attached hydrogens (tertiary/aromatic N) is 6. The molecular weight excluding hydrogens is 408 g/mol. The lowest BCUT2D eigenvalue weighted by molar-refractivity contribution is 0.0950. The van der Waals surface area contributed by atoms with Crippen molar-refractivity contribution >= 4 is 29.3 Å². The maximum absolute atomic E-state index is 12.8. The molecule has 1 aromatic carbocycles. The minimum absolute atomic E-state index is 0.00421. The van der Waals surface area contributed by atoms with Gasteiger partial charge in [-0.15, -0.1) is 5.10 Å². The Hall–Kier alpha value is -4.06. The highest BCUT2D eigenvalue weighted by Gasteiger charge is 2.25. The number of hydrogen-bond acceptors (Lipinski definition) is 10. The van der Waals surface area contributed by atoms with Crippen molar-refractivity contribution in [3.05, 3.63) is 52.3 Å². The van der Waals surface area contributed by atoms with Gasteiger partial charge in [-0.25, -0.2) is 10.1 Å². The van der Waals surface area contributed by atoms with Gasteiger partial charge in [0.1, 0.15) is 11.4 Å². The molecule has 0 atom stereocenters. The van der Waals surface area contributed by atoms with E-state index in [9.17, 15) is 4.79 Å². The van der Waals surface area contributed by atoms with Crippen LogP contribution in [-0.2, 0) is 0 Å². The van der Waals surface area contributed by atoms with Gasteiger partial charge in [0.15, 0.2) is 5.69 Å².